The molecule has 1 amide bonds. The molecular weight excluding hydrogens is 608 g/mol. The van der Waals surface area contributed by atoms with Crippen LogP contribution in [0.15, 0.2) is 66.7 Å². The Kier molecular flexibility index (Phi) is 10.6. The Bertz CT molecular complexity index is 1770. The van der Waals surface area contributed by atoms with Crippen LogP contribution in [-0.2, 0) is 11.3 Å². The van der Waals surface area contributed by atoms with Gasteiger partial charge >= 0.3 is 5.97 Å². The van der Waals surface area contributed by atoms with Gasteiger partial charge in [0, 0.05) is 26.2 Å². The summed E-state index contributed by atoms with van der Waals surface area (Å²) in [5.41, 5.74) is 13.8. The number of halogens is 2. The molecule has 0 aliphatic carbocycles. The van der Waals surface area contributed by atoms with Gasteiger partial charge in [0.15, 0.2) is 0 Å². The van der Waals surface area contributed by atoms with E-state index in [2.05, 4.69) is 10.3 Å². The Labute approximate surface area is 271 Å². The molecule has 47 heavy (non-hydrogen) atoms. The molecule has 0 bridgehead atoms. The van der Waals surface area contributed by atoms with E-state index in [1.165, 1.54) is 17.0 Å². The second kappa shape index (κ2) is 15.0. The number of benzene rings is 3. The molecule has 0 radical (unpaired) electrons. The van der Waals surface area contributed by atoms with E-state index in [9.17, 15) is 14.7 Å². The lowest BCUT2D eigenvalue weighted by Crippen LogP contribution is -2.44. The molecule has 1 saturated heterocycles. The van der Waals surface area contributed by atoms with Crippen LogP contribution in [0.4, 0.5) is 14.5 Å². The molecule has 4 aromatic rings. The van der Waals surface area contributed by atoms with Crippen molar-refractivity contribution >= 4 is 17.6 Å². The molecule has 12 heteroatoms. The summed E-state index contributed by atoms with van der Waals surface area (Å²) < 4.78 is 44.3. The number of anilines is 1. The molecule has 5 rings (SSSR count). The van der Waals surface area contributed by atoms with Crippen LogP contribution in [0.1, 0.15) is 40.7 Å². The highest BCUT2D eigenvalue weighted by Crippen LogP contribution is 2.40. The summed E-state index contributed by atoms with van der Waals surface area (Å²) in [4.78, 5) is 30.3. The van der Waals surface area contributed by atoms with E-state index in [1.807, 2.05) is 30.3 Å². The molecule has 1 unspecified atom stereocenters. The first-order valence-corrected chi connectivity index (χ1v) is 15.4. The van der Waals surface area contributed by atoms with Gasteiger partial charge in [-0.3, -0.25) is 4.79 Å². The molecule has 2 heterocycles. The molecule has 1 atom stereocenters. The summed E-state index contributed by atoms with van der Waals surface area (Å²) in [7, 11) is 0. The summed E-state index contributed by atoms with van der Waals surface area (Å²) in [6.45, 7) is 3.18. The lowest BCUT2D eigenvalue weighted by Gasteiger charge is -2.34. The maximum Gasteiger partial charge on any atom is 0.339 e. The van der Waals surface area contributed by atoms with Gasteiger partial charge in [-0.15, -0.1) is 0 Å². The largest absolute Gasteiger partial charge is 0.478 e. The van der Waals surface area contributed by atoms with Crippen molar-refractivity contribution in [2.75, 3.05) is 31.1 Å². The number of carboxylic acids is 1. The molecule has 1 fully saturated rings. The zero-order valence-corrected chi connectivity index (χ0v) is 26.0. The van der Waals surface area contributed by atoms with Crippen molar-refractivity contribution in [2.24, 2.45) is 17.4 Å². The number of aromatic carboxylic acids is 1. The first kappa shape index (κ1) is 33.3. The third kappa shape index (κ3) is 7.84. The highest BCUT2D eigenvalue weighted by molar-refractivity contribution is 5.91. The quantitative estimate of drug-likeness (QED) is 0.141. The highest BCUT2D eigenvalue weighted by atomic mass is 19.1. The average Bonchev–Trinajstić information content (AvgIpc) is 3.07. The molecule has 246 valence electrons. The average molecular weight is 646 g/mol. The van der Waals surface area contributed by atoms with Crippen LogP contribution in [0.5, 0.6) is 23.3 Å². The van der Waals surface area contributed by atoms with Crippen LogP contribution >= 0.6 is 0 Å². The SMILES string of the molecule is Cc1ccc(C(=O)O)c(Oc2nc(Oc3cccc(-c4cccc(CN)c4)c3)c(F)c(N3CCCC(C(=O)NCCCN)C3)c2F)c1. The van der Waals surface area contributed by atoms with E-state index < -0.39 is 41.0 Å². The van der Waals surface area contributed by atoms with Crippen molar-refractivity contribution in [2.45, 2.75) is 32.7 Å². The van der Waals surface area contributed by atoms with Gasteiger partial charge in [-0.25, -0.2) is 4.79 Å². The zero-order valence-electron chi connectivity index (χ0n) is 26.0. The van der Waals surface area contributed by atoms with Crippen molar-refractivity contribution in [1.82, 2.24) is 10.3 Å². The molecule has 1 aliphatic heterocycles. The molecule has 6 N–H and O–H groups in total. The normalized spacial score (nSPS) is 14.5. The Morgan fingerprint density at radius 2 is 1.72 bits per heavy atom. The second-order valence-corrected chi connectivity index (χ2v) is 11.4. The Morgan fingerprint density at radius 3 is 2.45 bits per heavy atom. The topological polar surface area (TPSA) is 153 Å². The molecule has 1 aromatic heterocycles. The molecule has 1 aliphatic rings. The molecule has 0 saturated carbocycles. The van der Waals surface area contributed by atoms with Gasteiger partial charge < -0.3 is 36.3 Å². The number of hydrogen-bond donors (Lipinski definition) is 4. The number of carbonyl (C=O) groups is 2. The number of pyridine rings is 1. The van der Waals surface area contributed by atoms with E-state index in [0.29, 0.717) is 44.5 Å². The fourth-order valence-corrected chi connectivity index (χ4v) is 5.48. The maximum absolute atomic E-state index is 16.3. The van der Waals surface area contributed by atoms with E-state index in [4.69, 9.17) is 20.9 Å². The van der Waals surface area contributed by atoms with Gasteiger partial charge in [-0.2, -0.15) is 13.8 Å². The third-order valence-electron chi connectivity index (χ3n) is 7.90. The number of nitrogens with one attached hydrogen (secondary N) is 1. The number of nitrogens with two attached hydrogens (primary N) is 2. The lowest BCUT2D eigenvalue weighted by atomic mass is 9.96. The van der Waals surface area contributed by atoms with Gasteiger partial charge in [0.25, 0.3) is 11.8 Å². The predicted octanol–water partition coefficient (Wildman–Crippen LogP) is 5.76. The molecular formula is C35H37F2N5O5. The first-order chi connectivity index (χ1) is 22.7. The minimum absolute atomic E-state index is 0.0307. The predicted molar refractivity (Wildman–Crippen MR) is 174 cm³/mol. The summed E-state index contributed by atoms with van der Waals surface area (Å²) >= 11 is 0. The van der Waals surface area contributed by atoms with Crippen LogP contribution in [0.3, 0.4) is 0 Å². The fourth-order valence-electron chi connectivity index (χ4n) is 5.48. The standard InChI is InChI=1S/C35H37F2N5O5/c1-21-11-12-27(35(44)45)28(16-21)47-34-30(37)31(42-15-4-9-25(20-42)32(43)40-14-5-13-38)29(36)33(41-34)46-26-10-3-8-24(18-26)23-7-2-6-22(17-23)19-39/h2-3,6-8,10-12,16-18,25H,4-5,9,13-15,19-20,38-39H2,1H3,(H,40,43)(H,44,45). The van der Waals surface area contributed by atoms with Crippen molar-refractivity contribution in [3.63, 3.8) is 0 Å². The number of aryl methyl sites for hydroxylation is 1. The van der Waals surface area contributed by atoms with E-state index in [1.54, 1.807) is 31.2 Å². The Balaban J connectivity index is 1.55. The van der Waals surface area contributed by atoms with E-state index >= 15 is 8.78 Å². The highest BCUT2D eigenvalue weighted by Gasteiger charge is 2.33. The van der Waals surface area contributed by atoms with Crippen LogP contribution < -0.4 is 31.2 Å². The lowest BCUT2D eigenvalue weighted by molar-refractivity contribution is -0.125. The first-order valence-electron chi connectivity index (χ1n) is 15.4. The fraction of sp³-hybridized carbons (Fsp3) is 0.286. The van der Waals surface area contributed by atoms with Crippen LogP contribution in [0.25, 0.3) is 11.1 Å². The Hall–Kier alpha value is -5.07. The number of hydrogen-bond acceptors (Lipinski definition) is 8. The number of aromatic nitrogens is 1. The number of nitrogens with zero attached hydrogens (tertiary/aromatic N) is 2. The maximum atomic E-state index is 16.3. The molecule has 10 nitrogen and oxygen atoms in total. The van der Waals surface area contributed by atoms with E-state index in [-0.39, 0.29) is 36.1 Å². The van der Waals surface area contributed by atoms with Crippen LogP contribution in [-0.4, -0.2) is 48.1 Å². The summed E-state index contributed by atoms with van der Waals surface area (Å²) in [6.07, 6.45) is 1.64. The number of piperidine rings is 1. The number of ether oxygens (including phenoxy) is 2. The minimum atomic E-state index is -1.30. The molecule has 0 spiro atoms. The number of rotatable bonds is 12. The third-order valence-corrected chi connectivity index (χ3v) is 7.90. The second-order valence-electron chi connectivity index (χ2n) is 11.4. The van der Waals surface area contributed by atoms with Gasteiger partial charge in [0.1, 0.15) is 22.7 Å². The van der Waals surface area contributed by atoms with Crippen molar-refractivity contribution in [3.8, 4) is 34.4 Å². The van der Waals surface area contributed by atoms with Gasteiger partial charge in [0.2, 0.25) is 17.5 Å². The van der Waals surface area contributed by atoms with Crippen LogP contribution in [0.2, 0.25) is 0 Å². The van der Waals surface area contributed by atoms with Gasteiger partial charge in [-0.1, -0.05) is 36.4 Å². The van der Waals surface area contributed by atoms with Gasteiger partial charge in [0.05, 0.1) is 5.92 Å². The summed E-state index contributed by atoms with van der Waals surface area (Å²) in [6, 6.07) is 18.8. The number of carbonyl (C=O) groups excluding carboxylic acids is 1. The van der Waals surface area contributed by atoms with Crippen LogP contribution in [0, 0.1) is 24.5 Å². The van der Waals surface area contributed by atoms with E-state index in [0.717, 1.165) is 16.7 Å². The van der Waals surface area contributed by atoms with Crippen molar-refractivity contribution in [3.05, 3.63) is 95.1 Å². The summed E-state index contributed by atoms with van der Waals surface area (Å²) in [5.74, 6) is -5.51. The minimum Gasteiger partial charge on any atom is -0.478 e. The molecule has 3 aromatic carbocycles. The smallest absolute Gasteiger partial charge is 0.339 e. The van der Waals surface area contributed by atoms with Gasteiger partial charge in [-0.05, 0) is 85.3 Å². The number of carboxylic acid groups (broad SMARTS) is 1. The Morgan fingerprint density at radius 1 is 1.00 bits per heavy atom. The monoisotopic (exact) mass is 645 g/mol. The number of amides is 1. The zero-order chi connectivity index (χ0) is 33.5. The van der Waals surface area contributed by atoms with Crippen molar-refractivity contribution < 1.29 is 33.0 Å². The summed E-state index contributed by atoms with van der Waals surface area (Å²) in [5, 5.41) is 12.6. The van der Waals surface area contributed by atoms with Crippen molar-refractivity contribution in [1.29, 1.82) is 0 Å².